The average Bonchev–Trinajstić information content (AvgIpc) is 3.58. The molecule has 0 spiro atoms. The number of rotatable bonds is 10. The second-order valence-corrected chi connectivity index (χ2v) is 11.7. The lowest BCUT2D eigenvalue weighted by atomic mass is 9.89. The van der Waals surface area contributed by atoms with Gasteiger partial charge in [0.05, 0.1) is 55.7 Å². The van der Waals surface area contributed by atoms with Gasteiger partial charge in [-0.3, -0.25) is 14.5 Å². The number of piperazine rings is 1. The number of carboxylic acids is 2. The van der Waals surface area contributed by atoms with Gasteiger partial charge in [0.25, 0.3) is 0 Å². The Morgan fingerprint density at radius 3 is 1.83 bits per heavy atom. The molecule has 1 aliphatic heterocycles. The van der Waals surface area contributed by atoms with Crippen LogP contribution in [0.5, 0.6) is 0 Å². The van der Waals surface area contributed by atoms with E-state index in [0.717, 1.165) is 0 Å². The summed E-state index contributed by atoms with van der Waals surface area (Å²) in [5.74, 6) is -3.77. The monoisotopic (exact) mass is 650 g/mol. The van der Waals surface area contributed by atoms with Gasteiger partial charge in [-0.05, 0) is 41.8 Å². The molecule has 0 amide bonds. The van der Waals surface area contributed by atoms with E-state index in [9.17, 15) is 19.8 Å². The first kappa shape index (κ1) is 30.3. The van der Waals surface area contributed by atoms with Gasteiger partial charge in [-0.2, -0.15) is 10.2 Å². The van der Waals surface area contributed by atoms with Crippen molar-refractivity contribution < 1.29 is 19.8 Å². The van der Waals surface area contributed by atoms with Gasteiger partial charge in [-0.1, -0.05) is 58.5 Å². The van der Waals surface area contributed by atoms with Crippen LogP contribution in [-0.2, 0) is 9.59 Å². The number of aliphatic carboxylic acids is 2. The number of carboxylic acid groups (broad SMARTS) is 2. The molecule has 0 saturated carbocycles. The molecule has 3 N–H and O–H groups in total. The van der Waals surface area contributed by atoms with Gasteiger partial charge in [0.15, 0.2) is 0 Å². The second-order valence-electron chi connectivity index (χ2n) is 10.00. The van der Waals surface area contributed by atoms with Crippen molar-refractivity contribution in [2.24, 2.45) is 0 Å². The van der Waals surface area contributed by atoms with E-state index in [1.165, 1.54) is 21.8 Å². The molecule has 1 fully saturated rings. The molecule has 3 heterocycles. The zero-order valence-corrected chi connectivity index (χ0v) is 25.0. The fraction of sp³-hybridized carbons (Fsp3) is 0.286. The van der Waals surface area contributed by atoms with Crippen LogP contribution in [0.25, 0.3) is 11.4 Å². The van der Waals surface area contributed by atoms with Crippen LogP contribution >= 0.6 is 46.4 Å². The first-order valence-electron chi connectivity index (χ1n) is 13.0. The van der Waals surface area contributed by atoms with E-state index in [2.05, 4.69) is 15.5 Å². The fourth-order valence-electron chi connectivity index (χ4n) is 5.20. The lowest BCUT2D eigenvalue weighted by molar-refractivity contribution is -0.141. The molecule has 1 saturated heterocycles. The van der Waals surface area contributed by atoms with Gasteiger partial charge in [0.2, 0.25) is 0 Å². The van der Waals surface area contributed by atoms with Crippen LogP contribution in [-0.4, -0.2) is 78.8 Å². The topological polar surface area (TPSA) is 126 Å². The molecular weight excluding hydrogens is 626 g/mol. The Hall–Kier alpha value is -3.12. The number of benzene rings is 2. The molecule has 2 aromatic carbocycles. The molecule has 10 nitrogen and oxygen atoms in total. The van der Waals surface area contributed by atoms with E-state index in [0.29, 0.717) is 62.2 Å². The van der Waals surface area contributed by atoms with Crippen LogP contribution < -0.4 is 5.32 Å². The highest BCUT2D eigenvalue weighted by molar-refractivity contribution is 6.33. The van der Waals surface area contributed by atoms with Gasteiger partial charge in [-0.15, -0.1) is 0 Å². The maximum absolute atomic E-state index is 12.4. The molecule has 3 unspecified atom stereocenters. The number of halogens is 4. The lowest BCUT2D eigenvalue weighted by Crippen LogP contribution is -2.53. The maximum atomic E-state index is 12.4. The third kappa shape index (κ3) is 6.75. The normalized spacial score (nSPS) is 17.2. The Bertz CT molecular complexity index is 1490. The summed E-state index contributed by atoms with van der Waals surface area (Å²) in [6.45, 7) is 1.88. The van der Waals surface area contributed by atoms with E-state index < -0.39 is 23.8 Å². The molecule has 4 aromatic rings. The molecule has 14 heteroatoms. The molecule has 220 valence electrons. The van der Waals surface area contributed by atoms with E-state index in [1.54, 1.807) is 48.8 Å². The number of aromatic nitrogens is 4. The minimum atomic E-state index is -1.01. The fourth-order valence-corrected chi connectivity index (χ4v) is 6.03. The summed E-state index contributed by atoms with van der Waals surface area (Å²) in [6.07, 6.45) is 6.43. The van der Waals surface area contributed by atoms with Crippen molar-refractivity contribution in [1.29, 1.82) is 0 Å². The van der Waals surface area contributed by atoms with Crippen LogP contribution in [0.2, 0.25) is 20.1 Å². The highest BCUT2D eigenvalue weighted by atomic mass is 35.5. The van der Waals surface area contributed by atoms with Crippen molar-refractivity contribution in [2.75, 3.05) is 26.2 Å². The zero-order chi connectivity index (χ0) is 30.0. The van der Waals surface area contributed by atoms with Gasteiger partial charge in [-0.25, -0.2) is 9.36 Å². The van der Waals surface area contributed by atoms with E-state index in [4.69, 9.17) is 46.4 Å². The first-order valence-corrected chi connectivity index (χ1v) is 14.5. The highest BCUT2D eigenvalue weighted by Crippen LogP contribution is 2.32. The molecule has 0 bridgehead atoms. The number of nitrogens with one attached hydrogen (secondary N) is 1. The summed E-state index contributed by atoms with van der Waals surface area (Å²) in [5, 5.41) is 33.5. The number of hydrogen-bond donors (Lipinski definition) is 3. The van der Waals surface area contributed by atoms with Crippen LogP contribution in [0.15, 0.2) is 61.2 Å². The SMILES string of the molecule is O=C(O)C(CC1CNCCN1CC(C(=O)O)c1ccc(-n2cc(Cl)cn2)c(Cl)c1)c1ccc(-n2cc(Cl)cn2)c(Cl)c1. The minimum Gasteiger partial charge on any atom is -0.481 e. The predicted molar refractivity (Wildman–Crippen MR) is 161 cm³/mol. The summed E-state index contributed by atoms with van der Waals surface area (Å²) in [5.41, 5.74) is 2.21. The Kier molecular flexibility index (Phi) is 9.41. The summed E-state index contributed by atoms with van der Waals surface area (Å²) in [7, 11) is 0. The van der Waals surface area contributed by atoms with E-state index in [-0.39, 0.29) is 19.0 Å². The van der Waals surface area contributed by atoms with Gasteiger partial charge >= 0.3 is 11.9 Å². The highest BCUT2D eigenvalue weighted by Gasteiger charge is 2.33. The lowest BCUT2D eigenvalue weighted by Gasteiger charge is -2.39. The Balaban J connectivity index is 1.36. The maximum Gasteiger partial charge on any atom is 0.312 e. The van der Waals surface area contributed by atoms with E-state index in [1.807, 2.05) is 4.90 Å². The zero-order valence-electron chi connectivity index (χ0n) is 22.0. The molecule has 0 radical (unpaired) electrons. The Labute approximate surface area is 261 Å². The molecule has 2 aromatic heterocycles. The molecular formula is C28H26Cl4N6O4. The van der Waals surface area contributed by atoms with Crippen LogP contribution in [0.3, 0.4) is 0 Å². The molecule has 0 aliphatic carbocycles. The van der Waals surface area contributed by atoms with Crippen molar-refractivity contribution in [3.63, 3.8) is 0 Å². The van der Waals surface area contributed by atoms with Crippen LogP contribution in [0.1, 0.15) is 29.4 Å². The van der Waals surface area contributed by atoms with Crippen LogP contribution in [0, 0.1) is 0 Å². The third-order valence-corrected chi connectivity index (χ3v) is 8.33. The van der Waals surface area contributed by atoms with Crippen molar-refractivity contribution in [2.45, 2.75) is 24.3 Å². The minimum absolute atomic E-state index is 0.178. The number of hydrogen-bond acceptors (Lipinski definition) is 6. The smallest absolute Gasteiger partial charge is 0.312 e. The van der Waals surface area contributed by atoms with E-state index >= 15 is 0 Å². The molecule has 5 rings (SSSR count). The third-order valence-electron chi connectivity index (χ3n) is 7.34. The molecule has 42 heavy (non-hydrogen) atoms. The summed E-state index contributed by atoms with van der Waals surface area (Å²) >= 11 is 25.0. The van der Waals surface area contributed by atoms with Gasteiger partial charge in [0, 0.05) is 44.6 Å². The quantitative estimate of drug-likeness (QED) is 0.209. The van der Waals surface area contributed by atoms with Crippen molar-refractivity contribution in [1.82, 2.24) is 29.8 Å². The molecule has 3 atom stereocenters. The van der Waals surface area contributed by atoms with Crippen molar-refractivity contribution >= 4 is 58.3 Å². The standard InChI is InChI=1S/C28H26Cl4N6O4/c29-18-10-34-37(13-18)25-3-1-16(7-23(25)31)21(27(39)40)9-20-12-33-5-6-36(20)15-22(28(41)42)17-2-4-26(24(32)8-17)38-14-19(30)11-35-38/h1-4,7-8,10-11,13-14,20-22,33H,5-6,9,12,15H2,(H,39,40)(H,41,42). The average molecular weight is 652 g/mol. The number of nitrogens with zero attached hydrogens (tertiary/aromatic N) is 5. The Morgan fingerprint density at radius 2 is 1.38 bits per heavy atom. The largest absolute Gasteiger partial charge is 0.481 e. The van der Waals surface area contributed by atoms with Crippen molar-refractivity contribution in [3.05, 3.63) is 92.4 Å². The molecule has 1 aliphatic rings. The summed E-state index contributed by atoms with van der Waals surface area (Å²) < 4.78 is 3.04. The second kappa shape index (κ2) is 13.0. The first-order chi connectivity index (χ1) is 20.1. The predicted octanol–water partition coefficient (Wildman–Crippen LogP) is 5.37. The van der Waals surface area contributed by atoms with Gasteiger partial charge in [0.1, 0.15) is 0 Å². The summed E-state index contributed by atoms with van der Waals surface area (Å²) in [6, 6.07) is 9.85. The van der Waals surface area contributed by atoms with Gasteiger partial charge < -0.3 is 15.5 Å². The summed E-state index contributed by atoms with van der Waals surface area (Å²) in [4.78, 5) is 26.9. The van der Waals surface area contributed by atoms with Crippen LogP contribution in [0.4, 0.5) is 0 Å². The number of carbonyl (C=O) groups is 2. The Morgan fingerprint density at radius 1 is 0.857 bits per heavy atom. The van der Waals surface area contributed by atoms with Crippen molar-refractivity contribution in [3.8, 4) is 11.4 Å².